The third-order valence-electron chi connectivity index (χ3n) is 2.64. The summed E-state index contributed by atoms with van der Waals surface area (Å²) in [5, 5.41) is 0.194. The van der Waals surface area contributed by atoms with E-state index in [4.69, 9.17) is 11.6 Å². The lowest BCUT2D eigenvalue weighted by Crippen LogP contribution is -2.14. The zero-order chi connectivity index (χ0) is 14.9. The van der Waals surface area contributed by atoms with Gasteiger partial charge in [0.1, 0.15) is 9.50 Å². The van der Waals surface area contributed by atoms with Gasteiger partial charge in [-0.2, -0.15) is 0 Å². The van der Waals surface area contributed by atoms with Crippen molar-refractivity contribution in [3.63, 3.8) is 0 Å². The molecule has 0 saturated carbocycles. The normalized spacial score (nSPS) is 11.4. The van der Waals surface area contributed by atoms with E-state index in [9.17, 15) is 8.42 Å². The smallest absolute Gasteiger partial charge is 0.263 e. The molecule has 0 unspecified atom stereocenters. The number of aromatic nitrogens is 1. The summed E-state index contributed by atoms with van der Waals surface area (Å²) in [5.41, 5.74) is 2.12. The van der Waals surface area contributed by atoms with Gasteiger partial charge in [0.05, 0.1) is 16.9 Å². The fraction of sp³-hybridized carbons (Fsp3) is 0.154. The van der Waals surface area contributed by atoms with Crippen molar-refractivity contribution in [2.24, 2.45) is 0 Å². The van der Waals surface area contributed by atoms with E-state index in [1.165, 1.54) is 12.3 Å². The Hall–Kier alpha value is -1.11. The van der Waals surface area contributed by atoms with Gasteiger partial charge in [-0.15, -0.1) is 0 Å². The maximum absolute atomic E-state index is 12.3. The molecule has 7 heteroatoms. The molecule has 1 N–H and O–H groups in total. The predicted molar refractivity (Wildman–Crippen MR) is 83.7 cm³/mol. The van der Waals surface area contributed by atoms with Gasteiger partial charge in [-0.3, -0.25) is 4.72 Å². The first-order valence-electron chi connectivity index (χ1n) is 5.71. The van der Waals surface area contributed by atoms with Crippen molar-refractivity contribution >= 4 is 43.2 Å². The zero-order valence-electron chi connectivity index (χ0n) is 10.8. The summed E-state index contributed by atoms with van der Waals surface area (Å²) in [6.45, 7) is 3.67. The highest BCUT2D eigenvalue weighted by Gasteiger charge is 2.18. The average Bonchev–Trinajstić information content (AvgIpc) is 2.33. The molecule has 0 atom stereocenters. The summed E-state index contributed by atoms with van der Waals surface area (Å²) in [4.78, 5) is 4.10. The minimum atomic E-state index is -3.73. The van der Waals surface area contributed by atoms with Crippen LogP contribution >= 0.6 is 27.5 Å². The highest BCUT2D eigenvalue weighted by Crippen LogP contribution is 2.25. The summed E-state index contributed by atoms with van der Waals surface area (Å²) in [6.07, 6.45) is 1.44. The van der Waals surface area contributed by atoms with Crippen LogP contribution in [-0.4, -0.2) is 13.4 Å². The van der Waals surface area contributed by atoms with Crippen LogP contribution in [0.2, 0.25) is 5.02 Å². The summed E-state index contributed by atoms with van der Waals surface area (Å²) in [6, 6.07) is 6.49. The fourth-order valence-corrected chi connectivity index (χ4v) is 3.50. The van der Waals surface area contributed by atoms with Crippen LogP contribution in [0.25, 0.3) is 0 Å². The van der Waals surface area contributed by atoms with Crippen LogP contribution in [0.4, 0.5) is 5.69 Å². The van der Waals surface area contributed by atoms with E-state index in [-0.39, 0.29) is 9.92 Å². The number of pyridine rings is 1. The van der Waals surface area contributed by atoms with E-state index >= 15 is 0 Å². The molecule has 1 aromatic heterocycles. The van der Waals surface area contributed by atoms with E-state index in [2.05, 4.69) is 25.6 Å². The number of hydrogen-bond donors (Lipinski definition) is 1. The number of nitrogens with one attached hydrogen (secondary N) is 1. The van der Waals surface area contributed by atoms with Gasteiger partial charge in [0.15, 0.2) is 0 Å². The Balaban J connectivity index is 2.38. The molecule has 0 radical (unpaired) electrons. The number of nitrogens with zero attached hydrogens (tertiary/aromatic N) is 1. The summed E-state index contributed by atoms with van der Waals surface area (Å²) in [5.74, 6) is 0. The van der Waals surface area contributed by atoms with Crippen molar-refractivity contribution in [1.82, 2.24) is 4.98 Å². The van der Waals surface area contributed by atoms with Crippen LogP contribution in [0.15, 0.2) is 40.0 Å². The number of aryl methyl sites for hydroxylation is 2. The number of anilines is 1. The molecular formula is C13H12BrClN2O2S. The van der Waals surface area contributed by atoms with E-state index in [1.807, 2.05) is 13.8 Å². The molecule has 0 amide bonds. The minimum absolute atomic E-state index is 0.0466. The first kappa shape index (κ1) is 15.3. The molecule has 1 aromatic carbocycles. The Morgan fingerprint density at radius 3 is 2.55 bits per heavy atom. The van der Waals surface area contributed by atoms with Crippen molar-refractivity contribution in [2.75, 3.05) is 4.72 Å². The number of sulfonamides is 1. The number of halogens is 2. The van der Waals surface area contributed by atoms with Crippen LogP contribution in [0, 0.1) is 13.8 Å². The number of rotatable bonds is 3. The largest absolute Gasteiger partial charge is 0.278 e. The van der Waals surface area contributed by atoms with Crippen molar-refractivity contribution in [2.45, 2.75) is 18.7 Å². The molecule has 0 aliphatic heterocycles. The van der Waals surface area contributed by atoms with E-state index < -0.39 is 10.0 Å². The molecule has 0 saturated heterocycles. The third-order valence-corrected chi connectivity index (χ3v) is 5.34. The SMILES string of the molecule is Cc1ccc(S(=O)(=O)Nc2cnc(Br)c(C)c2)c(Cl)c1. The lowest BCUT2D eigenvalue weighted by atomic mass is 10.2. The minimum Gasteiger partial charge on any atom is -0.278 e. The van der Waals surface area contributed by atoms with Gasteiger partial charge in [0.2, 0.25) is 0 Å². The zero-order valence-corrected chi connectivity index (χ0v) is 14.0. The van der Waals surface area contributed by atoms with Crippen molar-refractivity contribution in [3.8, 4) is 0 Å². The van der Waals surface area contributed by atoms with Crippen molar-refractivity contribution in [3.05, 3.63) is 51.2 Å². The maximum Gasteiger partial charge on any atom is 0.263 e. The average molecular weight is 376 g/mol. The van der Waals surface area contributed by atoms with Gasteiger partial charge >= 0.3 is 0 Å². The molecule has 20 heavy (non-hydrogen) atoms. The second-order valence-corrected chi connectivity index (χ2v) is 7.18. The Kier molecular flexibility index (Phi) is 4.36. The molecule has 0 spiro atoms. The van der Waals surface area contributed by atoms with Crippen molar-refractivity contribution in [1.29, 1.82) is 0 Å². The maximum atomic E-state index is 12.3. The van der Waals surface area contributed by atoms with E-state index in [0.29, 0.717) is 10.3 Å². The molecule has 0 fully saturated rings. The topological polar surface area (TPSA) is 59.1 Å². The lowest BCUT2D eigenvalue weighted by molar-refractivity contribution is 0.601. The first-order chi connectivity index (χ1) is 9.29. The van der Waals surface area contributed by atoms with Crippen LogP contribution in [0.3, 0.4) is 0 Å². The summed E-state index contributed by atoms with van der Waals surface area (Å²) in [7, 11) is -3.73. The van der Waals surface area contributed by atoms with Gasteiger partial charge in [-0.05, 0) is 59.1 Å². The second-order valence-electron chi connectivity index (χ2n) is 4.37. The van der Waals surface area contributed by atoms with Gasteiger partial charge in [-0.25, -0.2) is 13.4 Å². The molecule has 0 aliphatic carbocycles. The quantitative estimate of drug-likeness (QED) is 0.827. The van der Waals surface area contributed by atoms with Crippen LogP contribution in [0.1, 0.15) is 11.1 Å². The van der Waals surface area contributed by atoms with Crippen LogP contribution in [0.5, 0.6) is 0 Å². The van der Waals surface area contributed by atoms with Gasteiger partial charge < -0.3 is 0 Å². The molecule has 0 aliphatic rings. The highest BCUT2D eigenvalue weighted by molar-refractivity contribution is 9.10. The summed E-state index contributed by atoms with van der Waals surface area (Å²) < 4.78 is 27.7. The predicted octanol–water partition coefficient (Wildman–Crippen LogP) is 3.92. The van der Waals surface area contributed by atoms with Crippen LogP contribution < -0.4 is 4.72 Å². The second kappa shape index (κ2) is 5.71. The third kappa shape index (κ3) is 3.31. The number of benzene rings is 1. The molecule has 2 rings (SSSR count). The van der Waals surface area contributed by atoms with Crippen LogP contribution in [-0.2, 0) is 10.0 Å². The lowest BCUT2D eigenvalue weighted by Gasteiger charge is -2.10. The van der Waals surface area contributed by atoms with E-state index in [0.717, 1.165) is 11.1 Å². The molecule has 106 valence electrons. The molecule has 2 aromatic rings. The Morgan fingerprint density at radius 2 is 1.95 bits per heavy atom. The molecular weight excluding hydrogens is 364 g/mol. The Morgan fingerprint density at radius 1 is 1.25 bits per heavy atom. The highest BCUT2D eigenvalue weighted by atomic mass is 79.9. The van der Waals surface area contributed by atoms with E-state index in [1.54, 1.807) is 18.2 Å². The molecule has 4 nitrogen and oxygen atoms in total. The van der Waals surface area contributed by atoms with Gasteiger partial charge in [0, 0.05) is 0 Å². The molecule has 1 heterocycles. The first-order valence-corrected chi connectivity index (χ1v) is 8.36. The summed E-state index contributed by atoms with van der Waals surface area (Å²) >= 11 is 9.26. The Bertz CT molecular complexity index is 763. The van der Waals surface area contributed by atoms with Crippen molar-refractivity contribution < 1.29 is 8.42 Å². The number of hydrogen-bond acceptors (Lipinski definition) is 3. The van der Waals surface area contributed by atoms with Gasteiger partial charge in [0.25, 0.3) is 10.0 Å². The monoisotopic (exact) mass is 374 g/mol. The van der Waals surface area contributed by atoms with Gasteiger partial charge in [-0.1, -0.05) is 17.7 Å². The Labute approximate surface area is 131 Å². The standard InChI is InChI=1S/C13H12BrClN2O2S/c1-8-3-4-12(11(15)5-8)20(18,19)17-10-6-9(2)13(14)16-7-10/h3-7,17H,1-2H3. The fourth-order valence-electron chi connectivity index (χ4n) is 1.65. The molecule has 0 bridgehead atoms.